The summed E-state index contributed by atoms with van der Waals surface area (Å²) in [6.45, 7) is 2.19. The average molecular weight is 379 g/mol. The Hall–Kier alpha value is -2.80. The van der Waals surface area contributed by atoms with Gasteiger partial charge < -0.3 is 10.2 Å². The molecule has 0 radical (unpaired) electrons. The molecule has 0 unspecified atom stereocenters. The van der Waals surface area contributed by atoms with E-state index >= 15 is 0 Å². The van der Waals surface area contributed by atoms with Crippen LogP contribution in [0, 0.1) is 5.92 Å². The van der Waals surface area contributed by atoms with Gasteiger partial charge >= 0.3 is 0 Å². The maximum atomic E-state index is 12.4. The van der Waals surface area contributed by atoms with Crippen LogP contribution >= 0.6 is 11.3 Å². The number of hydrogen-bond donors (Lipinski definition) is 1. The number of rotatable bonds is 5. The third-order valence-electron chi connectivity index (χ3n) is 4.83. The van der Waals surface area contributed by atoms with Crippen LogP contribution in [0.4, 0.5) is 5.82 Å². The number of piperidine rings is 1. The van der Waals surface area contributed by atoms with E-state index in [9.17, 15) is 4.79 Å². The summed E-state index contributed by atoms with van der Waals surface area (Å²) in [6.07, 6.45) is 5.14. The minimum atomic E-state index is 0.0569. The molecule has 1 N–H and O–H groups in total. The van der Waals surface area contributed by atoms with Crippen molar-refractivity contribution < 1.29 is 4.79 Å². The van der Waals surface area contributed by atoms with Crippen LogP contribution in [0.25, 0.3) is 10.6 Å². The molecular weight excluding hydrogens is 358 g/mol. The Bertz CT molecular complexity index is 859. The topological polar surface area (TPSA) is 71.0 Å². The van der Waals surface area contributed by atoms with E-state index in [2.05, 4.69) is 25.4 Å². The monoisotopic (exact) mass is 379 g/mol. The summed E-state index contributed by atoms with van der Waals surface area (Å²) in [7, 11) is 0. The van der Waals surface area contributed by atoms with Gasteiger partial charge in [-0.05, 0) is 54.1 Å². The van der Waals surface area contributed by atoms with E-state index in [1.807, 2.05) is 41.8 Å². The fourth-order valence-electron chi connectivity index (χ4n) is 3.25. The van der Waals surface area contributed by atoms with Crippen molar-refractivity contribution in [3.8, 4) is 10.6 Å². The Morgan fingerprint density at radius 3 is 2.59 bits per heavy atom. The van der Waals surface area contributed by atoms with Crippen LogP contribution in [-0.4, -0.2) is 34.2 Å². The summed E-state index contributed by atoms with van der Waals surface area (Å²) < 4.78 is 0. The Kier molecular flexibility index (Phi) is 5.39. The molecule has 0 atom stereocenters. The first kappa shape index (κ1) is 17.6. The van der Waals surface area contributed by atoms with E-state index in [1.165, 1.54) is 0 Å². The Morgan fingerprint density at radius 1 is 1.11 bits per heavy atom. The molecule has 1 fully saturated rings. The molecule has 3 aromatic rings. The van der Waals surface area contributed by atoms with Gasteiger partial charge in [-0.3, -0.25) is 9.78 Å². The first-order chi connectivity index (χ1) is 13.3. The molecular formula is C20H21N5OS. The van der Waals surface area contributed by atoms with Crippen LogP contribution in [0.15, 0.2) is 54.2 Å². The van der Waals surface area contributed by atoms with Crippen LogP contribution < -0.4 is 10.2 Å². The summed E-state index contributed by atoms with van der Waals surface area (Å²) in [5.74, 6) is 1.07. The van der Waals surface area contributed by atoms with E-state index in [-0.39, 0.29) is 11.8 Å². The molecule has 4 rings (SSSR count). The van der Waals surface area contributed by atoms with Gasteiger partial charge in [-0.25, -0.2) is 0 Å². The lowest BCUT2D eigenvalue weighted by Crippen LogP contribution is -2.40. The van der Waals surface area contributed by atoms with Crippen LogP contribution in [0.3, 0.4) is 0 Å². The predicted molar refractivity (Wildman–Crippen MR) is 106 cm³/mol. The maximum absolute atomic E-state index is 12.4. The molecule has 4 heterocycles. The molecule has 1 aliphatic rings. The minimum absolute atomic E-state index is 0.0569. The Balaban J connectivity index is 1.29. The van der Waals surface area contributed by atoms with E-state index in [4.69, 9.17) is 0 Å². The second kappa shape index (κ2) is 8.26. The maximum Gasteiger partial charge on any atom is 0.223 e. The highest BCUT2D eigenvalue weighted by Gasteiger charge is 2.25. The highest BCUT2D eigenvalue weighted by Crippen LogP contribution is 2.25. The van der Waals surface area contributed by atoms with Crippen LogP contribution in [0.2, 0.25) is 0 Å². The number of carbonyl (C=O) groups excluding carboxylic acids is 1. The largest absolute Gasteiger partial charge is 0.355 e. The van der Waals surface area contributed by atoms with Gasteiger partial charge in [-0.1, -0.05) is 6.07 Å². The van der Waals surface area contributed by atoms with Crippen molar-refractivity contribution in [3.05, 3.63) is 59.7 Å². The van der Waals surface area contributed by atoms with Gasteiger partial charge in [0.2, 0.25) is 5.91 Å². The van der Waals surface area contributed by atoms with Crippen LogP contribution in [0.5, 0.6) is 0 Å². The Labute approximate surface area is 162 Å². The van der Waals surface area contributed by atoms with E-state index < -0.39 is 0 Å². The second-order valence-electron chi connectivity index (χ2n) is 6.59. The molecule has 138 valence electrons. The van der Waals surface area contributed by atoms with Crippen molar-refractivity contribution in [1.82, 2.24) is 20.5 Å². The lowest BCUT2D eigenvalue weighted by Gasteiger charge is -2.31. The number of amides is 1. The standard InChI is InChI=1S/C20H21N5OS/c26-20(22-14-15-5-9-21-10-6-15)16-7-11-25(12-8-16)19-4-3-17(23-24-19)18-2-1-13-27-18/h1-6,9-10,13,16H,7-8,11-12,14H2,(H,22,26). The van der Waals surface area contributed by atoms with Crippen molar-refractivity contribution in [2.45, 2.75) is 19.4 Å². The van der Waals surface area contributed by atoms with Gasteiger partial charge in [0.15, 0.2) is 5.82 Å². The molecule has 0 aromatic carbocycles. The number of nitrogens with zero attached hydrogens (tertiary/aromatic N) is 4. The normalized spacial score (nSPS) is 14.9. The quantitative estimate of drug-likeness (QED) is 0.737. The lowest BCUT2D eigenvalue weighted by molar-refractivity contribution is -0.125. The summed E-state index contributed by atoms with van der Waals surface area (Å²) in [5.41, 5.74) is 1.97. The van der Waals surface area contributed by atoms with Gasteiger partial charge in [-0.2, -0.15) is 0 Å². The number of nitrogens with one attached hydrogen (secondary N) is 1. The summed E-state index contributed by atoms with van der Waals surface area (Å²) in [6, 6.07) is 11.9. The smallest absolute Gasteiger partial charge is 0.223 e. The molecule has 1 amide bonds. The van der Waals surface area contributed by atoms with Crippen molar-refractivity contribution in [3.63, 3.8) is 0 Å². The van der Waals surface area contributed by atoms with Crippen molar-refractivity contribution in [1.29, 1.82) is 0 Å². The Morgan fingerprint density at radius 2 is 1.93 bits per heavy atom. The van der Waals surface area contributed by atoms with Gasteiger partial charge in [0, 0.05) is 37.9 Å². The van der Waals surface area contributed by atoms with Crippen LogP contribution in [0.1, 0.15) is 18.4 Å². The average Bonchev–Trinajstić information content (AvgIpc) is 3.28. The summed E-state index contributed by atoms with van der Waals surface area (Å²) >= 11 is 1.66. The molecule has 1 saturated heterocycles. The number of hydrogen-bond acceptors (Lipinski definition) is 6. The zero-order chi connectivity index (χ0) is 18.5. The highest BCUT2D eigenvalue weighted by molar-refractivity contribution is 7.13. The van der Waals surface area contributed by atoms with Crippen molar-refractivity contribution in [2.24, 2.45) is 5.92 Å². The number of carbonyl (C=O) groups is 1. The zero-order valence-electron chi connectivity index (χ0n) is 14.9. The minimum Gasteiger partial charge on any atom is -0.355 e. The fourth-order valence-corrected chi connectivity index (χ4v) is 3.95. The van der Waals surface area contributed by atoms with Crippen LogP contribution in [-0.2, 0) is 11.3 Å². The van der Waals surface area contributed by atoms with Gasteiger partial charge in [0.1, 0.15) is 5.69 Å². The lowest BCUT2D eigenvalue weighted by atomic mass is 9.96. The SMILES string of the molecule is O=C(NCc1ccncc1)C1CCN(c2ccc(-c3cccs3)nn2)CC1. The van der Waals surface area contributed by atoms with Crippen molar-refractivity contribution >= 4 is 23.1 Å². The molecule has 27 heavy (non-hydrogen) atoms. The third-order valence-corrected chi connectivity index (χ3v) is 5.72. The highest BCUT2D eigenvalue weighted by atomic mass is 32.1. The molecule has 0 saturated carbocycles. The molecule has 0 bridgehead atoms. The molecule has 6 nitrogen and oxygen atoms in total. The molecule has 7 heteroatoms. The summed E-state index contributed by atoms with van der Waals surface area (Å²) in [4.78, 5) is 19.7. The molecule has 1 aliphatic heterocycles. The number of aromatic nitrogens is 3. The van der Waals surface area contributed by atoms with E-state index in [0.717, 1.165) is 47.9 Å². The van der Waals surface area contributed by atoms with E-state index in [0.29, 0.717) is 6.54 Å². The summed E-state index contributed by atoms with van der Waals surface area (Å²) in [5, 5.41) is 13.8. The molecule has 0 aliphatic carbocycles. The van der Waals surface area contributed by atoms with Crippen molar-refractivity contribution in [2.75, 3.05) is 18.0 Å². The second-order valence-corrected chi connectivity index (χ2v) is 7.54. The fraction of sp³-hybridized carbons (Fsp3) is 0.300. The molecule has 3 aromatic heterocycles. The number of thiophene rings is 1. The number of pyridine rings is 1. The predicted octanol–water partition coefficient (Wildman–Crippen LogP) is 3.13. The number of anilines is 1. The van der Waals surface area contributed by atoms with E-state index in [1.54, 1.807) is 23.7 Å². The van der Waals surface area contributed by atoms with Gasteiger partial charge in [0.25, 0.3) is 0 Å². The van der Waals surface area contributed by atoms with Gasteiger partial charge in [0.05, 0.1) is 4.88 Å². The zero-order valence-corrected chi connectivity index (χ0v) is 15.7. The molecule has 0 spiro atoms. The third kappa shape index (κ3) is 4.31. The van der Waals surface area contributed by atoms with Gasteiger partial charge in [-0.15, -0.1) is 21.5 Å². The first-order valence-electron chi connectivity index (χ1n) is 9.09. The first-order valence-corrected chi connectivity index (χ1v) is 9.97.